The lowest BCUT2D eigenvalue weighted by Gasteiger charge is -2.48. The lowest BCUT2D eigenvalue weighted by Crippen LogP contribution is -2.61. The average Bonchev–Trinajstić information content (AvgIpc) is 3.09. The van der Waals surface area contributed by atoms with Gasteiger partial charge in [-0.15, -0.1) is 6.58 Å². The summed E-state index contributed by atoms with van der Waals surface area (Å²) in [6.45, 7) is 4.30. The number of thioether (sulfide) groups is 1. The zero-order valence-corrected chi connectivity index (χ0v) is 18.2. The van der Waals surface area contributed by atoms with Gasteiger partial charge in [0.15, 0.2) is 5.79 Å². The maximum absolute atomic E-state index is 12.7. The second-order valence-electron chi connectivity index (χ2n) is 7.74. The van der Waals surface area contributed by atoms with Crippen molar-refractivity contribution in [2.45, 2.75) is 62.6 Å². The molecule has 1 aromatic carbocycles. The summed E-state index contributed by atoms with van der Waals surface area (Å²) in [7, 11) is 3.31. The van der Waals surface area contributed by atoms with Crippen molar-refractivity contribution in [2.75, 3.05) is 20.0 Å². The molecule has 2 N–H and O–H groups in total. The van der Waals surface area contributed by atoms with Crippen molar-refractivity contribution >= 4 is 17.0 Å². The van der Waals surface area contributed by atoms with Crippen LogP contribution in [0.5, 0.6) is 5.75 Å². The highest BCUT2D eigenvalue weighted by Gasteiger charge is 2.52. The number of hydrogen-bond acceptors (Lipinski definition) is 6. The van der Waals surface area contributed by atoms with Crippen molar-refractivity contribution < 1.29 is 19.0 Å². The van der Waals surface area contributed by atoms with E-state index in [0.717, 1.165) is 37.0 Å². The molecule has 0 aliphatic carbocycles. The lowest BCUT2D eigenvalue weighted by molar-refractivity contribution is -0.292. The predicted molar refractivity (Wildman–Crippen MR) is 116 cm³/mol. The normalized spacial score (nSPS) is 29.8. The highest BCUT2D eigenvalue weighted by atomic mass is 32.2. The number of carbonyl (C=O) groups excluding carboxylic acids is 1. The monoisotopic (exact) mass is 420 g/mol. The van der Waals surface area contributed by atoms with Crippen LogP contribution < -0.4 is 10.5 Å². The lowest BCUT2D eigenvalue weighted by atomic mass is 9.89. The van der Waals surface area contributed by atoms with Crippen molar-refractivity contribution in [3.05, 3.63) is 42.5 Å². The molecule has 3 rings (SSSR count). The molecular formula is C22H32N2O4S. The van der Waals surface area contributed by atoms with Crippen molar-refractivity contribution in [2.24, 2.45) is 5.73 Å². The fourth-order valence-electron chi connectivity index (χ4n) is 4.23. The van der Waals surface area contributed by atoms with Crippen molar-refractivity contribution in [3.63, 3.8) is 0 Å². The third kappa shape index (κ3) is 5.15. The number of rotatable bonds is 9. The molecule has 0 radical (unpaired) electrons. The number of carbonyl (C=O) groups is 1. The molecule has 4 atom stereocenters. The van der Waals surface area contributed by atoms with Crippen molar-refractivity contribution in [1.82, 2.24) is 4.90 Å². The van der Waals surface area contributed by atoms with E-state index >= 15 is 0 Å². The Hall–Kier alpha value is -1.54. The van der Waals surface area contributed by atoms with E-state index in [4.69, 9.17) is 19.9 Å². The van der Waals surface area contributed by atoms with Gasteiger partial charge in [0.25, 0.3) is 5.24 Å². The molecule has 7 heteroatoms. The van der Waals surface area contributed by atoms with Crippen molar-refractivity contribution in [1.29, 1.82) is 0 Å². The summed E-state index contributed by atoms with van der Waals surface area (Å²) in [5, 5.41) is 0.0493. The van der Waals surface area contributed by atoms with E-state index in [2.05, 4.69) is 6.58 Å². The Morgan fingerprint density at radius 3 is 2.79 bits per heavy atom. The first kappa shape index (κ1) is 22.2. The molecule has 1 aromatic rings. The van der Waals surface area contributed by atoms with Gasteiger partial charge in [-0.25, -0.2) is 0 Å². The molecule has 160 valence electrons. The standard InChI is InChI=1S/C22H32N2O4S/c1-4-5-6-7-19-12-17(23)13-22(27-3,28-19)20-15-29-21(25)24(20)14-16-8-10-18(26-2)11-9-16/h4,8-11,17,19-20H,1,5-7,12-15,23H2,2-3H3/t17-,19-,20?,22-/m1/s1. The summed E-state index contributed by atoms with van der Waals surface area (Å²) in [6, 6.07) is 7.59. The third-order valence-corrected chi connectivity index (χ3v) is 6.72. The van der Waals surface area contributed by atoms with E-state index in [0.29, 0.717) is 18.7 Å². The molecule has 1 unspecified atom stereocenters. The minimum absolute atomic E-state index is 0.0130. The number of allylic oxidation sites excluding steroid dienone is 1. The molecule has 1 amide bonds. The van der Waals surface area contributed by atoms with Gasteiger partial charge in [-0.2, -0.15) is 0 Å². The molecule has 0 spiro atoms. The van der Waals surface area contributed by atoms with Gasteiger partial charge >= 0.3 is 0 Å². The predicted octanol–water partition coefficient (Wildman–Crippen LogP) is 3.94. The first-order valence-electron chi connectivity index (χ1n) is 10.2. The Kier molecular flexibility index (Phi) is 7.62. The van der Waals surface area contributed by atoms with Gasteiger partial charge in [0, 0.05) is 31.9 Å². The molecule has 2 heterocycles. The molecular weight excluding hydrogens is 388 g/mol. The van der Waals surface area contributed by atoms with Gasteiger partial charge in [0.2, 0.25) is 0 Å². The van der Waals surface area contributed by atoms with E-state index in [9.17, 15) is 4.79 Å². The Morgan fingerprint density at radius 2 is 2.14 bits per heavy atom. The van der Waals surface area contributed by atoms with Crippen LogP contribution in [0.15, 0.2) is 36.9 Å². The Balaban J connectivity index is 1.77. The fourth-order valence-corrected chi connectivity index (χ4v) is 5.32. The highest BCUT2D eigenvalue weighted by Crippen LogP contribution is 2.41. The Bertz CT molecular complexity index is 699. The molecule has 29 heavy (non-hydrogen) atoms. The van der Waals surface area contributed by atoms with Crippen LogP contribution in [0.4, 0.5) is 4.79 Å². The number of benzene rings is 1. The second-order valence-corrected chi connectivity index (χ2v) is 8.72. The van der Waals surface area contributed by atoms with Gasteiger partial charge in [-0.3, -0.25) is 4.79 Å². The molecule has 2 saturated heterocycles. The maximum Gasteiger partial charge on any atom is 0.282 e. The van der Waals surface area contributed by atoms with Crippen LogP contribution >= 0.6 is 11.8 Å². The number of amides is 1. The van der Waals surface area contributed by atoms with Crippen LogP contribution in [0.3, 0.4) is 0 Å². The summed E-state index contributed by atoms with van der Waals surface area (Å²) in [4.78, 5) is 14.6. The number of nitrogens with two attached hydrogens (primary N) is 1. The van der Waals surface area contributed by atoms with E-state index in [1.165, 1.54) is 11.8 Å². The average molecular weight is 421 g/mol. The molecule has 2 aliphatic rings. The van der Waals surface area contributed by atoms with E-state index in [-0.39, 0.29) is 23.4 Å². The van der Waals surface area contributed by atoms with Crippen LogP contribution in [0, 0.1) is 0 Å². The smallest absolute Gasteiger partial charge is 0.282 e. The van der Waals surface area contributed by atoms with Crippen LogP contribution in [0.2, 0.25) is 0 Å². The van der Waals surface area contributed by atoms with Gasteiger partial charge < -0.3 is 24.8 Å². The van der Waals surface area contributed by atoms with Crippen LogP contribution in [0.25, 0.3) is 0 Å². The van der Waals surface area contributed by atoms with Crippen LogP contribution in [-0.4, -0.2) is 54.1 Å². The van der Waals surface area contributed by atoms with E-state index in [1.807, 2.05) is 35.2 Å². The van der Waals surface area contributed by atoms with E-state index < -0.39 is 5.79 Å². The first-order chi connectivity index (χ1) is 14.0. The van der Waals surface area contributed by atoms with Gasteiger partial charge in [0.1, 0.15) is 5.75 Å². The molecule has 2 fully saturated rings. The molecule has 0 aromatic heterocycles. The number of methoxy groups -OCH3 is 2. The summed E-state index contributed by atoms with van der Waals surface area (Å²) < 4.78 is 17.7. The van der Waals surface area contributed by atoms with Gasteiger partial charge in [0.05, 0.1) is 19.3 Å². The zero-order valence-electron chi connectivity index (χ0n) is 17.3. The summed E-state index contributed by atoms with van der Waals surface area (Å²) in [6.07, 6.45) is 6.23. The minimum Gasteiger partial charge on any atom is -0.497 e. The molecule has 0 bridgehead atoms. The Morgan fingerprint density at radius 1 is 1.38 bits per heavy atom. The maximum atomic E-state index is 12.7. The highest BCUT2D eigenvalue weighted by molar-refractivity contribution is 8.13. The minimum atomic E-state index is -0.873. The molecule has 6 nitrogen and oxygen atoms in total. The third-order valence-electron chi connectivity index (χ3n) is 5.75. The quantitative estimate of drug-likeness (QED) is 0.482. The molecule has 0 saturated carbocycles. The Labute approximate surface area is 177 Å². The summed E-state index contributed by atoms with van der Waals surface area (Å²) >= 11 is 1.32. The summed E-state index contributed by atoms with van der Waals surface area (Å²) in [5.41, 5.74) is 7.45. The summed E-state index contributed by atoms with van der Waals surface area (Å²) in [5.74, 6) is 0.557. The fraction of sp³-hybridized carbons (Fsp3) is 0.591. The second kappa shape index (κ2) is 9.98. The SMILES string of the molecule is C=CCCC[C@@H]1C[C@@H](N)C[C@](OC)(C2CSC(=O)N2Cc2ccc(OC)cc2)O1. The van der Waals surface area contributed by atoms with Crippen LogP contribution in [0.1, 0.15) is 37.7 Å². The number of nitrogens with zero attached hydrogens (tertiary/aromatic N) is 1. The largest absolute Gasteiger partial charge is 0.497 e. The number of hydrogen-bond donors (Lipinski definition) is 1. The number of unbranched alkanes of at least 4 members (excludes halogenated alkanes) is 1. The number of ether oxygens (including phenoxy) is 3. The molecule has 2 aliphatic heterocycles. The first-order valence-corrected chi connectivity index (χ1v) is 11.2. The van der Waals surface area contributed by atoms with E-state index in [1.54, 1.807) is 14.2 Å². The van der Waals surface area contributed by atoms with Gasteiger partial charge in [-0.05, 0) is 43.4 Å². The topological polar surface area (TPSA) is 74.0 Å². The van der Waals surface area contributed by atoms with Crippen LogP contribution in [-0.2, 0) is 16.0 Å². The zero-order chi connectivity index (χ0) is 20.9. The van der Waals surface area contributed by atoms with Gasteiger partial charge in [-0.1, -0.05) is 30.0 Å². The van der Waals surface area contributed by atoms with Crippen molar-refractivity contribution in [3.8, 4) is 5.75 Å².